The third-order valence-corrected chi connectivity index (χ3v) is 6.61. The fourth-order valence-electron chi connectivity index (χ4n) is 3.97. The molecule has 0 aliphatic carbocycles. The quantitative estimate of drug-likeness (QED) is 0.264. The van der Waals surface area contributed by atoms with Gasteiger partial charge in [-0.2, -0.15) is 5.10 Å². The molecule has 4 nitrogen and oxygen atoms in total. The summed E-state index contributed by atoms with van der Waals surface area (Å²) in [6.45, 7) is 1.16. The zero-order valence-corrected chi connectivity index (χ0v) is 19.6. The second-order valence-electron chi connectivity index (χ2n) is 8.09. The van der Waals surface area contributed by atoms with Crippen LogP contribution in [0.15, 0.2) is 115 Å². The topological polar surface area (TPSA) is 38.1 Å². The van der Waals surface area contributed by atoms with Gasteiger partial charge in [-0.3, -0.25) is 4.79 Å². The van der Waals surface area contributed by atoms with Gasteiger partial charge < -0.3 is 4.90 Å². The largest absolute Gasteiger partial charge is 0.333 e. The lowest BCUT2D eigenvalue weighted by molar-refractivity contribution is 0.0736. The molecule has 5 aromatic rings. The molecule has 5 rings (SSSR count). The van der Waals surface area contributed by atoms with Gasteiger partial charge in [0, 0.05) is 13.1 Å². The Bertz CT molecular complexity index is 1330. The van der Waals surface area contributed by atoms with Crippen LogP contribution in [-0.2, 0) is 13.0 Å². The summed E-state index contributed by atoms with van der Waals surface area (Å²) in [5.74, 6) is -0.0288. The van der Waals surface area contributed by atoms with Crippen molar-refractivity contribution in [2.75, 3.05) is 6.54 Å². The maximum absolute atomic E-state index is 14.0. The number of aromatic nitrogens is 2. The Morgan fingerprint density at radius 2 is 1.44 bits per heavy atom. The first-order chi connectivity index (χ1) is 16.8. The summed E-state index contributed by atoms with van der Waals surface area (Å²) in [5, 5.41) is 6.86. The third-order valence-electron chi connectivity index (χ3n) is 5.72. The van der Waals surface area contributed by atoms with E-state index in [0.717, 1.165) is 28.2 Å². The number of rotatable bonds is 8. The average molecular weight is 464 g/mol. The van der Waals surface area contributed by atoms with Gasteiger partial charge >= 0.3 is 0 Å². The van der Waals surface area contributed by atoms with Crippen LogP contribution in [0.2, 0.25) is 0 Å². The predicted molar refractivity (Wildman–Crippen MR) is 138 cm³/mol. The monoisotopic (exact) mass is 463 g/mol. The summed E-state index contributed by atoms with van der Waals surface area (Å²) in [5.41, 5.74) is 4.57. The summed E-state index contributed by atoms with van der Waals surface area (Å²) < 4.78 is 1.78. The molecule has 0 atom stereocenters. The van der Waals surface area contributed by atoms with Crippen molar-refractivity contribution in [2.45, 2.75) is 13.0 Å². The molecule has 0 radical (unpaired) electrons. The maximum atomic E-state index is 14.0. The summed E-state index contributed by atoms with van der Waals surface area (Å²) >= 11 is 1.62. The van der Waals surface area contributed by atoms with Crippen molar-refractivity contribution in [3.05, 3.63) is 131 Å². The van der Waals surface area contributed by atoms with Crippen molar-refractivity contribution in [1.82, 2.24) is 14.7 Å². The molecule has 3 aromatic carbocycles. The van der Waals surface area contributed by atoms with Crippen molar-refractivity contribution in [3.63, 3.8) is 0 Å². The van der Waals surface area contributed by atoms with Crippen molar-refractivity contribution < 1.29 is 4.79 Å². The van der Waals surface area contributed by atoms with Crippen LogP contribution in [0.25, 0.3) is 16.3 Å². The summed E-state index contributed by atoms with van der Waals surface area (Å²) in [4.78, 5) is 17.0. The molecule has 0 aliphatic rings. The first kappa shape index (κ1) is 21.9. The summed E-state index contributed by atoms with van der Waals surface area (Å²) in [6, 6.07) is 36.3. The third kappa shape index (κ3) is 5.00. The maximum Gasteiger partial charge on any atom is 0.272 e. The molecule has 0 aliphatic heterocycles. The lowest BCUT2D eigenvalue weighted by Crippen LogP contribution is -2.34. The number of para-hydroxylation sites is 1. The lowest BCUT2D eigenvalue weighted by Gasteiger charge is -2.23. The number of carbonyl (C=O) groups excluding carboxylic acids is 1. The number of hydrogen-bond donors (Lipinski definition) is 0. The van der Waals surface area contributed by atoms with Crippen molar-refractivity contribution >= 4 is 17.2 Å². The highest BCUT2D eigenvalue weighted by Crippen LogP contribution is 2.27. The Morgan fingerprint density at radius 3 is 2.09 bits per heavy atom. The van der Waals surface area contributed by atoms with E-state index in [1.807, 2.05) is 95.2 Å². The Kier molecular flexibility index (Phi) is 6.64. The minimum Gasteiger partial charge on any atom is -0.333 e. The lowest BCUT2D eigenvalue weighted by atomic mass is 10.1. The van der Waals surface area contributed by atoms with Crippen LogP contribution in [0, 0.1) is 0 Å². The highest BCUT2D eigenvalue weighted by molar-refractivity contribution is 7.13. The SMILES string of the molecule is O=C(c1cc(-c2cccs2)nn1-c1ccccc1)N(CCc1ccccc1)Cc1ccccc1. The fraction of sp³-hybridized carbons (Fsp3) is 0.103. The van der Waals surface area contributed by atoms with Gasteiger partial charge in [0.05, 0.1) is 10.6 Å². The van der Waals surface area contributed by atoms with Crippen LogP contribution in [-0.4, -0.2) is 27.1 Å². The van der Waals surface area contributed by atoms with Crippen LogP contribution in [0.4, 0.5) is 0 Å². The second-order valence-corrected chi connectivity index (χ2v) is 9.04. The Labute approximate surface area is 203 Å². The van der Waals surface area contributed by atoms with Gasteiger partial charge in [-0.1, -0.05) is 84.9 Å². The zero-order chi connectivity index (χ0) is 23.2. The van der Waals surface area contributed by atoms with Crippen LogP contribution >= 0.6 is 11.3 Å². The standard InChI is InChI=1S/C29H25N3OS/c33-29(31(22-24-13-6-2-7-14-24)19-18-23-11-4-1-5-12-23)27-21-26(28-17-10-20-34-28)30-32(27)25-15-8-3-9-16-25/h1-17,20-21H,18-19,22H2. The highest BCUT2D eigenvalue weighted by atomic mass is 32.1. The van der Waals surface area contributed by atoms with Gasteiger partial charge in [-0.05, 0) is 47.2 Å². The molecule has 0 fully saturated rings. The number of carbonyl (C=O) groups is 1. The minimum atomic E-state index is -0.0288. The molecular weight excluding hydrogens is 438 g/mol. The van der Waals surface area contributed by atoms with E-state index < -0.39 is 0 Å². The van der Waals surface area contributed by atoms with Gasteiger partial charge in [-0.15, -0.1) is 11.3 Å². The summed E-state index contributed by atoms with van der Waals surface area (Å²) in [6.07, 6.45) is 0.788. The number of amides is 1. The first-order valence-corrected chi connectivity index (χ1v) is 12.2. The molecule has 5 heteroatoms. The molecule has 2 aromatic heterocycles. The molecule has 2 heterocycles. The predicted octanol–water partition coefficient (Wildman–Crippen LogP) is 6.49. The van der Waals surface area contributed by atoms with Crippen molar-refractivity contribution in [2.24, 2.45) is 0 Å². The van der Waals surface area contributed by atoms with Crippen molar-refractivity contribution in [3.8, 4) is 16.3 Å². The van der Waals surface area contributed by atoms with E-state index in [1.54, 1.807) is 16.0 Å². The molecule has 34 heavy (non-hydrogen) atoms. The van der Waals surface area contributed by atoms with E-state index in [2.05, 4.69) is 24.3 Å². The smallest absolute Gasteiger partial charge is 0.272 e. The Balaban J connectivity index is 1.51. The number of nitrogens with zero attached hydrogens (tertiary/aromatic N) is 3. The van der Waals surface area contributed by atoms with E-state index in [0.29, 0.717) is 18.8 Å². The molecule has 0 saturated carbocycles. The minimum absolute atomic E-state index is 0.0288. The highest BCUT2D eigenvalue weighted by Gasteiger charge is 2.23. The molecule has 0 N–H and O–H groups in total. The van der Waals surface area contributed by atoms with E-state index in [9.17, 15) is 4.79 Å². The normalized spacial score (nSPS) is 10.8. The van der Waals surface area contributed by atoms with Crippen LogP contribution in [0.5, 0.6) is 0 Å². The molecule has 0 spiro atoms. The molecule has 0 unspecified atom stereocenters. The average Bonchev–Trinajstić information content (AvgIpc) is 3.58. The zero-order valence-electron chi connectivity index (χ0n) is 18.7. The fourth-order valence-corrected chi connectivity index (χ4v) is 4.65. The van der Waals surface area contributed by atoms with Crippen LogP contribution in [0.1, 0.15) is 21.6 Å². The van der Waals surface area contributed by atoms with Gasteiger partial charge in [0.25, 0.3) is 5.91 Å². The van der Waals surface area contributed by atoms with E-state index >= 15 is 0 Å². The second kappa shape index (κ2) is 10.3. The number of hydrogen-bond acceptors (Lipinski definition) is 3. The molecule has 0 saturated heterocycles. The van der Waals surface area contributed by atoms with Crippen molar-refractivity contribution in [1.29, 1.82) is 0 Å². The molecule has 168 valence electrons. The van der Waals surface area contributed by atoms with Gasteiger partial charge in [-0.25, -0.2) is 4.68 Å². The molecular formula is C29H25N3OS. The molecule has 1 amide bonds. The van der Waals surface area contributed by atoms with Gasteiger partial charge in [0.15, 0.2) is 0 Å². The van der Waals surface area contributed by atoms with E-state index in [4.69, 9.17) is 5.10 Å². The van der Waals surface area contributed by atoms with E-state index in [1.165, 1.54) is 5.56 Å². The van der Waals surface area contributed by atoms with Gasteiger partial charge in [0.1, 0.15) is 11.4 Å². The van der Waals surface area contributed by atoms with Crippen LogP contribution < -0.4 is 0 Å². The number of benzene rings is 3. The Morgan fingerprint density at radius 1 is 0.794 bits per heavy atom. The Hall–Kier alpha value is -3.96. The number of thiophene rings is 1. The van der Waals surface area contributed by atoms with Crippen LogP contribution in [0.3, 0.4) is 0 Å². The summed E-state index contributed by atoms with van der Waals surface area (Å²) in [7, 11) is 0. The van der Waals surface area contributed by atoms with E-state index in [-0.39, 0.29) is 5.91 Å². The van der Waals surface area contributed by atoms with Gasteiger partial charge in [0.2, 0.25) is 0 Å². The first-order valence-electron chi connectivity index (χ1n) is 11.3. The molecule has 0 bridgehead atoms.